The van der Waals surface area contributed by atoms with Gasteiger partial charge in [0.05, 0.1) is 5.01 Å². The topological polar surface area (TPSA) is 98.6 Å². The SMILES string of the molecule is CCNC(=NCCc1ncc(C)s1)NCCC(=O)N1CCN(c2ncccn2)CC1. The summed E-state index contributed by atoms with van der Waals surface area (Å²) in [6, 6.07) is 1.81. The Hall–Kier alpha value is -2.75. The minimum Gasteiger partial charge on any atom is -0.357 e. The molecule has 0 unspecified atom stereocenters. The first-order valence-electron chi connectivity index (χ1n) is 10.4. The van der Waals surface area contributed by atoms with Crippen LogP contribution in [0.15, 0.2) is 29.6 Å². The Kier molecular flexibility index (Phi) is 8.37. The molecule has 1 amide bonds. The third kappa shape index (κ3) is 6.65. The number of hydrogen-bond acceptors (Lipinski definition) is 7. The van der Waals surface area contributed by atoms with Crippen molar-refractivity contribution in [3.63, 3.8) is 0 Å². The summed E-state index contributed by atoms with van der Waals surface area (Å²) in [5.41, 5.74) is 0. The molecular weight excluding hydrogens is 400 g/mol. The number of carbonyl (C=O) groups excluding carboxylic acids is 1. The van der Waals surface area contributed by atoms with Crippen molar-refractivity contribution in [1.82, 2.24) is 30.5 Å². The molecule has 9 nitrogen and oxygen atoms in total. The number of aryl methyl sites for hydroxylation is 1. The first kappa shape index (κ1) is 21.9. The Morgan fingerprint density at radius 1 is 1.17 bits per heavy atom. The molecule has 3 rings (SSSR count). The van der Waals surface area contributed by atoms with Crippen LogP contribution in [0.4, 0.5) is 5.95 Å². The summed E-state index contributed by atoms with van der Waals surface area (Å²) >= 11 is 1.71. The van der Waals surface area contributed by atoms with Gasteiger partial charge in [-0.3, -0.25) is 9.79 Å². The molecule has 0 spiro atoms. The summed E-state index contributed by atoms with van der Waals surface area (Å²) in [5, 5.41) is 7.59. The van der Waals surface area contributed by atoms with E-state index in [1.807, 2.05) is 18.0 Å². The number of anilines is 1. The number of aromatic nitrogens is 3. The number of piperazine rings is 1. The number of rotatable bonds is 8. The lowest BCUT2D eigenvalue weighted by molar-refractivity contribution is -0.131. The van der Waals surface area contributed by atoms with Crippen molar-refractivity contribution in [3.8, 4) is 0 Å². The fraction of sp³-hybridized carbons (Fsp3) is 0.550. The highest BCUT2D eigenvalue weighted by atomic mass is 32.1. The Balaban J connectivity index is 1.38. The van der Waals surface area contributed by atoms with E-state index in [9.17, 15) is 4.79 Å². The Bertz CT molecular complexity index is 817. The van der Waals surface area contributed by atoms with Crippen LogP contribution >= 0.6 is 11.3 Å². The number of thiazole rings is 1. The predicted octanol–water partition coefficient (Wildman–Crippen LogP) is 1.08. The van der Waals surface area contributed by atoms with Gasteiger partial charge < -0.3 is 20.4 Å². The highest BCUT2D eigenvalue weighted by molar-refractivity contribution is 7.11. The van der Waals surface area contributed by atoms with Crippen molar-refractivity contribution in [2.75, 3.05) is 50.7 Å². The van der Waals surface area contributed by atoms with Crippen LogP contribution in [0.1, 0.15) is 23.2 Å². The Labute approximate surface area is 181 Å². The number of hydrogen-bond donors (Lipinski definition) is 2. The number of guanidine groups is 1. The summed E-state index contributed by atoms with van der Waals surface area (Å²) in [4.78, 5) is 35.3. The second-order valence-corrected chi connectivity index (χ2v) is 8.29. The van der Waals surface area contributed by atoms with Gasteiger partial charge in [0.25, 0.3) is 0 Å². The maximum absolute atomic E-state index is 12.6. The van der Waals surface area contributed by atoms with Gasteiger partial charge in [-0.25, -0.2) is 15.0 Å². The number of nitrogens with zero attached hydrogens (tertiary/aromatic N) is 6. The van der Waals surface area contributed by atoms with Gasteiger partial charge in [0, 0.05) is 82.1 Å². The second-order valence-electron chi connectivity index (χ2n) is 6.97. The smallest absolute Gasteiger partial charge is 0.225 e. The zero-order chi connectivity index (χ0) is 21.2. The van der Waals surface area contributed by atoms with Crippen molar-refractivity contribution in [2.24, 2.45) is 4.99 Å². The third-order valence-corrected chi connectivity index (χ3v) is 5.68. The highest BCUT2D eigenvalue weighted by Gasteiger charge is 2.22. The quantitative estimate of drug-likeness (QED) is 0.478. The molecule has 0 aliphatic carbocycles. The molecule has 3 heterocycles. The minimum absolute atomic E-state index is 0.158. The van der Waals surface area contributed by atoms with Gasteiger partial charge in [-0.2, -0.15) is 0 Å². The van der Waals surface area contributed by atoms with E-state index in [1.165, 1.54) is 4.88 Å². The maximum Gasteiger partial charge on any atom is 0.225 e. The average molecular weight is 431 g/mol. The normalized spacial score (nSPS) is 14.7. The van der Waals surface area contributed by atoms with Crippen molar-refractivity contribution in [3.05, 3.63) is 34.5 Å². The van der Waals surface area contributed by atoms with Gasteiger partial charge in [0.2, 0.25) is 11.9 Å². The fourth-order valence-corrected chi connectivity index (χ4v) is 3.95. The molecular formula is C20H30N8OS. The number of aliphatic imine (C=N–C) groups is 1. The molecule has 0 aromatic carbocycles. The molecule has 0 radical (unpaired) electrons. The van der Waals surface area contributed by atoms with Crippen molar-refractivity contribution >= 4 is 29.2 Å². The lowest BCUT2D eigenvalue weighted by Gasteiger charge is -2.34. The van der Waals surface area contributed by atoms with Gasteiger partial charge in [0.15, 0.2) is 5.96 Å². The Morgan fingerprint density at radius 3 is 2.60 bits per heavy atom. The molecule has 0 saturated carbocycles. The van der Waals surface area contributed by atoms with Crippen LogP contribution in [0.25, 0.3) is 0 Å². The average Bonchev–Trinajstić information content (AvgIpc) is 3.19. The van der Waals surface area contributed by atoms with Gasteiger partial charge in [-0.15, -0.1) is 11.3 Å². The fourth-order valence-electron chi connectivity index (χ4n) is 3.18. The zero-order valence-corrected chi connectivity index (χ0v) is 18.5. The van der Waals surface area contributed by atoms with Gasteiger partial charge >= 0.3 is 0 Å². The van der Waals surface area contributed by atoms with Crippen LogP contribution in [-0.2, 0) is 11.2 Å². The van der Waals surface area contributed by atoms with Crippen molar-refractivity contribution in [2.45, 2.75) is 26.7 Å². The molecule has 10 heteroatoms. The molecule has 162 valence electrons. The highest BCUT2D eigenvalue weighted by Crippen LogP contribution is 2.12. The van der Waals surface area contributed by atoms with Crippen LogP contribution in [0.2, 0.25) is 0 Å². The standard InChI is InChI=1S/C20H30N8OS/c1-3-21-19(22-9-5-17-26-15-16(2)30-17)23-10-6-18(29)27-11-13-28(14-12-27)20-24-7-4-8-25-20/h4,7-8,15H,3,5-6,9-14H2,1-2H3,(H2,21,22,23). The molecule has 0 atom stereocenters. The van der Waals surface area contributed by atoms with Gasteiger partial charge in [0.1, 0.15) is 0 Å². The second kappa shape index (κ2) is 11.4. The molecule has 1 fully saturated rings. The van der Waals surface area contributed by atoms with E-state index in [0.717, 1.165) is 43.0 Å². The van der Waals surface area contributed by atoms with Crippen LogP contribution in [0.3, 0.4) is 0 Å². The summed E-state index contributed by atoms with van der Waals surface area (Å²) in [6.45, 7) is 8.98. The first-order chi connectivity index (χ1) is 14.7. The van der Waals surface area contributed by atoms with Crippen LogP contribution in [-0.4, -0.2) is 77.5 Å². The molecule has 2 N–H and O–H groups in total. The van der Waals surface area contributed by atoms with E-state index in [2.05, 4.69) is 42.4 Å². The number of nitrogens with one attached hydrogen (secondary N) is 2. The van der Waals surface area contributed by atoms with E-state index in [4.69, 9.17) is 0 Å². The summed E-state index contributed by atoms with van der Waals surface area (Å²) in [7, 11) is 0. The van der Waals surface area contributed by atoms with Crippen LogP contribution in [0, 0.1) is 6.92 Å². The molecule has 2 aromatic heterocycles. The largest absolute Gasteiger partial charge is 0.357 e. The number of carbonyl (C=O) groups is 1. The maximum atomic E-state index is 12.6. The van der Waals surface area contributed by atoms with E-state index in [1.54, 1.807) is 29.8 Å². The lowest BCUT2D eigenvalue weighted by atomic mass is 10.3. The molecule has 30 heavy (non-hydrogen) atoms. The van der Waals surface area contributed by atoms with Gasteiger partial charge in [-0.1, -0.05) is 0 Å². The van der Waals surface area contributed by atoms with E-state index in [0.29, 0.717) is 32.6 Å². The lowest BCUT2D eigenvalue weighted by Crippen LogP contribution is -2.50. The summed E-state index contributed by atoms with van der Waals surface area (Å²) < 4.78 is 0. The monoisotopic (exact) mass is 430 g/mol. The van der Waals surface area contributed by atoms with E-state index >= 15 is 0 Å². The van der Waals surface area contributed by atoms with Crippen molar-refractivity contribution < 1.29 is 4.79 Å². The molecule has 0 bridgehead atoms. The van der Waals surface area contributed by atoms with Gasteiger partial charge in [-0.05, 0) is 19.9 Å². The zero-order valence-electron chi connectivity index (χ0n) is 17.7. The predicted molar refractivity (Wildman–Crippen MR) is 120 cm³/mol. The third-order valence-electron chi connectivity index (χ3n) is 4.71. The van der Waals surface area contributed by atoms with Crippen LogP contribution < -0.4 is 15.5 Å². The summed E-state index contributed by atoms with van der Waals surface area (Å²) in [6.07, 6.45) is 6.65. The Morgan fingerprint density at radius 2 is 1.93 bits per heavy atom. The first-order valence-corrected chi connectivity index (χ1v) is 11.2. The molecule has 1 saturated heterocycles. The molecule has 1 aliphatic rings. The summed E-state index contributed by atoms with van der Waals surface area (Å²) in [5.74, 6) is 1.63. The van der Waals surface area contributed by atoms with E-state index in [-0.39, 0.29) is 5.91 Å². The van der Waals surface area contributed by atoms with Crippen LogP contribution in [0.5, 0.6) is 0 Å². The molecule has 1 aliphatic heterocycles. The van der Waals surface area contributed by atoms with Crippen molar-refractivity contribution in [1.29, 1.82) is 0 Å². The molecule has 2 aromatic rings. The van der Waals surface area contributed by atoms with E-state index < -0.39 is 0 Å². The minimum atomic E-state index is 0.158. The number of amides is 1.